The van der Waals surface area contributed by atoms with E-state index in [1.807, 2.05) is 5.70 Å². The fourth-order valence-electron chi connectivity index (χ4n) is 1.75. The van der Waals surface area contributed by atoms with Crippen molar-refractivity contribution in [1.29, 1.82) is 0 Å². The van der Waals surface area contributed by atoms with Crippen LogP contribution in [-0.4, -0.2) is 25.7 Å². The molecule has 1 heterocycles. The van der Waals surface area contributed by atoms with Crippen molar-refractivity contribution in [3.05, 3.63) is 12.3 Å². The average Bonchev–Trinajstić information content (AvgIpc) is 2.16. The van der Waals surface area contributed by atoms with Gasteiger partial charge in [-0.3, -0.25) is 0 Å². The molecular formula is C9H22O3Si3. The molecule has 2 atom stereocenters. The molecule has 0 radical (unpaired) electrons. The van der Waals surface area contributed by atoms with Gasteiger partial charge in [-0.05, 0) is 31.7 Å². The molecule has 88 valence electrons. The van der Waals surface area contributed by atoms with E-state index in [0.717, 1.165) is 12.1 Å². The molecule has 0 aromatic heterocycles. The summed E-state index contributed by atoms with van der Waals surface area (Å²) in [4.78, 5) is 0. The van der Waals surface area contributed by atoms with Gasteiger partial charge < -0.3 is 12.3 Å². The number of hydrogen-bond donors (Lipinski definition) is 0. The van der Waals surface area contributed by atoms with E-state index in [9.17, 15) is 0 Å². The van der Waals surface area contributed by atoms with Gasteiger partial charge in [0.05, 0.1) is 0 Å². The lowest BCUT2D eigenvalue weighted by atomic mass is 11.0. The summed E-state index contributed by atoms with van der Waals surface area (Å²) in [6, 6.07) is 1.96. The Bertz CT molecular complexity index is 243. The molecule has 3 nitrogen and oxygen atoms in total. The van der Waals surface area contributed by atoms with E-state index < -0.39 is 25.7 Å². The molecule has 1 aliphatic rings. The lowest BCUT2D eigenvalue weighted by Gasteiger charge is -2.48. The van der Waals surface area contributed by atoms with Gasteiger partial charge in [-0.1, -0.05) is 19.5 Å². The smallest absolute Gasteiger partial charge is 0.343 e. The zero-order valence-corrected chi connectivity index (χ0v) is 13.4. The molecule has 2 unspecified atom stereocenters. The summed E-state index contributed by atoms with van der Waals surface area (Å²) in [5.74, 6) is 0. The first kappa shape index (κ1) is 13.3. The van der Waals surface area contributed by atoms with Crippen molar-refractivity contribution in [2.45, 2.75) is 45.6 Å². The maximum atomic E-state index is 6.18. The lowest BCUT2D eigenvalue weighted by Crippen LogP contribution is -2.66. The Morgan fingerprint density at radius 2 is 1.33 bits per heavy atom. The average molecular weight is 263 g/mol. The van der Waals surface area contributed by atoms with Crippen molar-refractivity contribution in [3.63, 3.8) is 0 Å². The van der Waals surface area contributed by atoms with Gasteiger partial charge in [-0.15, -0.1) is 6.58 Å². The maximum absolute atomic E-state index is 6.18. The summed E-state index contributed by atoms with van der Waals surface area (Å²) in [7, 11) is -6.15. The second-order valence-corrected chi connectivity index (χ2v) is 15.3. The Labute approximate surface area is 96.2 Å². The van der Waals surface area contributed by atoms with E-state index in [2.05, 4.69) is 40.1 Å². The van der Waals surface area contributed by atoms with Crippen molar-refractivity contribution in [3.8, 4) is 0 Å². The van der Waals surface area contributed by atoms with Gasteiger partial charge in [0.2, 0.25) is 0 Å². The monoisotopic (exact) mass is 262 g/mol. The molecule has 1 saturated heterocycles. The summed E-state index contributed by atoms with van der Waals surface area (Å²) in [6.07, 6.45) is 0. The van der Waals surface area contributed by atoms with Crippen LogP contribution in [0.2, 0.25) is 31.7 Å². The highest BCUT2D eigenvalue weighted by molar-refractivity contribution is 6.95. The van der Waals surface area contributed by atoms with Crippen molar-refractivity contribution >= 4 is 25.7 Å². The predicted molar refractivity (Wildman–Crippen MR) is 69.3 cm³/mol. The molecule has 0 N–H and O–H groups in total. The third-order valence-corrected chi connectivity index (χ3v) is 16.4. The van der Waals surface area contributed by atoms with Crippen LogP contribution in [0.1, 0.15) is 13.8 Å². The molecule has 0 aromatic carbocycles. The molecule has 15 heavy (non-hydrogen) atoms. The van der Waals surface area contributed by atoms with Crippen LogP contribution < -0.4 is 0 Å². The van der Waals surface area contributed by atoms with Crippen LogP contribution in [0, 0.1) is 0 Å². The van der Waals surface area contributed by atoms with Crippen molar-refractivity contribution in [2.75, 3.05) is 0 Å². The van der Waals surface area contributed by atoms with Gasteiger partial charge in [0, 0.05) is 0 Å². The standard InChI is InChI=1S/C9H22O3Si3/c1-7-13(4)10-14(5,8-2)12-15(6,9-3)11-13/h7H,1,8-9H2,2-6H3. The van der Waals surface area contributed by atoms with E-state index >= 15 is 0 Å². The second kappa shape index (κ2) is 4.27. The Kier molecular flexibility index (Phi) is 3.79. The van der Waals surface area contributed by atoms with Crippen LogP contribution >= 0.6 is 0 Å². The van der Waals surface area contributed by atoms with Crippen molar-refractivity contribution < 1.29 is 12.3 Å². The van der Waals surface area contributed by atoms with E-state index in [1.165, 1.54) is 0 Å². The van der Waals surface area contributed by atoms with Crippen LogP contribution in [0.5, 0.6) is 0 Å². The molecule has 1 fully saturated rings. The second-order valence-electron chi connectivity index (χ2n) is 4.50. The molecule has 1 aliphatic heterocycles. The minimum atomic E-state index is -2.16. The number of rotatable bonds is 3. The van der Waals surface area contributed by atoms with E-state index in [4.69, 9.17) is 12.3 Å². The third kappa shape index (κ3) is 2.89. The zero-order valence-electron chi connectivity index (χ0n) is 10.4. The van der Waals surface area contributed by atoms with Gasteiger partial charge in [0.15, 0.2) is 0 Å². The van der Waals surface area contributed by atoms with Crippen molar-refractivity contribution in [2.24, 2.45) is 0 Å². The first-order valence-corrected chi connectivity index (χ1v) is 13.0. The molecule has 1 rings (SSSR count). The van der Waals surface area contributed by atoms with E-state index in [0.29, 0.717) is 0 Å². The van der Waals surface area contributed by atoms with Crippen LogP contribution in [0.15, 0.2) is 12.3 Å². The summed E-state index contributed by atoms with van der Waals surface area (Å²) < 4.78 is 18.4. The van der Waals surface area contributed by atoms with Crippen LogP contribution in [0.3, 0.4) is 0 Å². The highest BCUT2D eigenvalue weighted by Crippen LogP contribution is 2.34. The molecule has 0 saturated carbocycles. The topological polar surface area (TPSA) is 27.7 Å². The minimum Gasteiger partial charge on any atom is -0.416 e. The minimum absolute atomic E-state index is 0.982. The van der Waals surface area contributed by atoms with Crippen LogP contribution in [-0.2, 0) is 12.3 Å². The molecule has 0 bridgehead atoms. The molecule has 0 aliphatic carbocycles. The first-order chi connectivity index (χ1) is 6.80. The summed E-state index contributed by atoms with van der Waals surface area (Å²) in [5, 5.41) is 0. The quantitative estimate of drug-likeness (QED) is 0.732. The molecule has 0 aromatic rings. The predicted octanol–water partition coefficient (Wildman–Crippen LogP) is 3.03. The highest BCUT2D eigenvalue weighted by Gasteiger charge is 2.54. The molecule has 0 spiro atoms. The molecule has 6 heteroatoms. The van der Waals surface area contributed by atoms with E-state index in [-0.39, 0.29) is 0 Å². The van der Waals surface area contributed by atoms with Gasteiger partial charge in [-0.25, -0.2) is 0 Å². The van der Waals surface area contributed by atoms with Gasteiger partial charge >= 0.3 is 25.7 Å². The van der Waals surface area contributed by atoms with Crippen LogP contribution in [0.25, 0.3) is 0 Å². The Hall–Kier alpha value is 0.271. The highest BCUT2D eigenvalue weighted by atomic mass is 28.5. The van der Waals surface area contributed by atoms with Gasteiger partial charge in [0.25, 0.3) is 0 Å². The van der Waals surface area contributed by atoms with Crippen LogP contribution in [0.4, 0.5) is 0 Å². The SMILES string of the molecule is C=C[Si]1(C)O[Si](C)(CC)O[Si](C)(CC)O1. The Balaban J connectivity index is 2.97. The van der Waals surface area contributed by atoms with Crippen molar-refractivity contribution in [1.82, 2.24) is 0 Å². The Morgan fingerprint density at radius 1 is 0.933 bits per heavy atom. The summed E-state index contributed by atoms with van der Waals surface area (Å²) in [6.45, 7) is 14.5. The number of hydrogen-bond acceptors (Lipinski definition) is 3. The first-order valence-electron chi connectivity index (χ1n) is 5.54. The Morgan fingerprint density at radius 3 is 1.60 bits per heavy atom. The largest absolute Gasteiger partial charge is 0.416 e. The maximum Gasteiger partial charge on any atom is 0.343 e. The normalized spacial score (nSPS) is 46.5. The van der Waals surface area contributed by atoms with E-state index in [1.54, 1.807) is 0 Å². The fourth-order valence-corrected chi connectivity index (χ4v) is 16.9. The lowest BCUT2D eigenvalue weighted by molar-refractivity contribution is 0.233. The van der Waals surface area contributed by atoms with Gasteiger partial charge in [0.1, 0.15) is 0 Å². The summed E-state index contributed by atoms with van der Waals surface area (Å²) >= 11 is 0. The van der Waals surface area contributed by atoms with Gasteiger partial charge in [-0.2, -0.15) is 0 Å². The summed E-state index contributed by atoms with van der Waals surface area (Å²) in [5.41, 5.74) is 1.89. The molecule has 0 amide bonds. The zero-order chi connectivity index (χ0) is 11.7. The third-order valence-electron chi connectivity index (χ3n) is 2.92. The molecular weight excluding hydrogens is 240 g/mol. The fraction of sp³-hybridized carbons (Fsp3) is 0.778.